The van der Waals surface area contributed by atoms with Gasteiger partial charge < -0.3 is 123 Å². The third-order valence-corrected chi connectivity index (χ3v) is 22.6. The van der Waals surface area contributed by atoms with Crippen molar-refractivity contribution in [3.05, 3.63) is 175 Å². The lowest BCUT2D eigenvalue weighted by Crippen LogP contribution is -2.74. The molecule has 0 spiro atoms. The molecule has 0 unspecified atom stereocenters. The van der Waals surface area contributed by atoms with E-state index in [0.717, 1.165) is 16.5 Å². The van der Waals surface area contributed by atoms with Gasteiger partial charge in [-0.05, 0) is 113 Å². The van der Waals surface area contributed by atoms with Crippen LogP contribution in [0, 0.1) is 5.92 Å². The van der Waals surface area contributed by atoms with Crippen molar-refractivity contribution in [3.63, 3.8) is 0 Å². The first-order chi connectivity index (χ1) is 64.2. The van der Waals surface area contributed by atoms with Gasteiger partial charge >= 0.3 is 36.1 Å². The molecule has 0 aliphatic carbocycles. The maximum Gasteiger partial charge on any atom is 0.381 e. The van der Waals surface area contributed by atoms with Gasteiger partial charge in [0.05, 0.1) is 39.0 Å². The van der Waals surface area contributed by atoms with Crippen LogP contribution in [0.5, 0.6) is 0 Å². The summed E-state index contributed by atoms with van der Waals surface area (Å²) in [5.41, 5.74) is 21.0. The van der Waals surface area contributed by atoms with E-state index in [-0.39, 0.29) is 210 Å². The lowest BCUT2D eigenvalue weighted by Gasteiger charge is -2.27. The molecule has 0 aliphatic heterocycles. The fourth-order valence-electron chi connectivity index (χ4n) is 13.3. The average molecular weight is 1940 g/mol. The first kappa shape index (κ1) is 111. The van der Waals surface area contributed by atoms with Gasteiger partial charge in [-0.2, -0.15) is 0 Å². The smallest absolute Gasteiger partial charge is 0.381 e. The normalized spacial score (nSPS) is 14.7. The molecule has 37 nitrogen and oxygen atoms in total. The molecular weight excluding hydrogens is 1800 g/mol. The number of H-pyrrole nitrogens is 1. The molecule has 28 N–H and O–H groups in total. The van der Waals surface area contributed by atoms with Crippen molar-refractivity contribution in [3.8, 4) is 0 Å². The standard InChI is InChI=1S/C92H132Cl4N20O17/c93-71-26-6-1-20-66(71)60-130-89(126)110-40-15-11-30-75(97)85(122)106-49-45-101-80(117)36-54-115(55-37-81(118)102-46-50-107-86(123)76(98)31-12-16-41-111-90(127)131-61-67-21-2-7-27-72(67)94)53-19-24-65(84(121)105-44-35-64-58-114-79-34-10-5-25-70(64)79)59-116(56-38-82(119)103-47-51-108-87(124)77(99)32-13-17-42-112-91(128)132-62-68-22-3-8-28-73(68)95)57-39-83(120)104-48-52-109-88(125)78(100)33-14-18-43-113-92(129)133-63-69-23-4-9-29-74(69)96/h1-10,20-23,25-29,34,58,65,75-78,114H,11-19,24,30-33,35-57,59-63,97-100H2,(H,101,117)(H,102,118)(H,103,119)(H,104,120)(H,105,121)(H,106,122)(H,107,123)(H,108,124)(H,109,125)(H,110,126)(H,111,127)(H,112,128)(H,113,129)/p+6/t65-,75-,76-,77-,78-/m0/s1. The second-order valence-corrected chi connectivity index (χ2v) is 33.2. The average Bonchev–Trinajstić information content (AvgIpc) is 1.69. The molecule has 6 rings (SSSR count). The predicted octanol–water partition coefficient (Wildman–Crippen LogP) is 8.30. The molecule has 1 aromatic heterocycles. The molecule has 0 bridgehead atoms. The van der Waals surface area contributed by atoms with E-state index in [1.807, 2.05) is 59.6 Å². The van der Waals surface area contributed by atoms with Gasteiger partial charge in [0.25, 0.3) is 0 Å². The van der Waals surface area contributed by atoms with Crippen LogP contribution in [0.1, 0.15) is 143 Å². The summed E-state index contributed by atoms with van der Waals surface area (Å²) in [5.74, 6) is -1.92. The number of aliphatic hydroxyl groups is 13. The third kappa shape index (κ3) is 47.9. The number of aromatic amines is 1. The Kier molecular flexibility index (Phi) is 54.5. The second kappa shape index (κ2) is 65.5. The number of aliphatic imine (C=N–C) groups is 11. The Morgan fingerprint density at radius 2 is 0.647 bits per heavy atom. The third-order valence-electron chi connectivity index (χ3n) is 21.1. The molecule has 6 aromatic rings. The number of rotatable bonds is 66. The molecule has 5 aromatic carbocycles. The van der Waals surface area contributed by atoms with Crippen LogP contribution in [0.15, 0.2) is 182 Å². The monoisotopic (exact) mass is 1930 g/mol. The highest BCUT2D eigenvalue weighted by atomic mass is 35.5. The zero-order valence-corrected chi connectivity index (χ0v) is 78.8. The maximum absolute atomic E-state index is 12.3. The van der Waals surface area contributed by atoms with E-state index >= 15 is 0 Å². The SMILES string of the molecule is [NH3+][C@@H](CCCCN=C(O)OCc1ccccc1Cl)C(O)=NCCN=C(O)CCN(CCC(O)=NCCN=C(O)[C@@H]([NH3+])CCCCN=C(O)OCc1ccccc1Cl)C[C@H](CCCN(CCC(O)=[NH+]CCN=C(O)[C@@H]([NH3+])CCCCN=C(O)OCc1ccccc1Cl)CCC(O)=[NH+]CCN=C(O)[C@@H]([NH3+])CCCCN=C(O)OCc1ccccc1Cl)C(O)=NCCc1c[nH]c2ccccc12. The van der Waals surface area contributed by atoms with Gasteiger partial charge in [-0.1, -0.05) is 137 Å². The number of fused-ring (bicyclic) bond motifs is 1. The van der Waals surface area contributed by atoms with Crippen molar-refractivity contribution in [2.75, 3.05) is 124 Å². The Hall–Kier alpha value is -11.1. The van der Waals surface area contributed by atoms with Gasteiger partial charge in [-0.15, -0.1) is 0 Å². The molecule has 1 heterocycles. The van der Waals surface area contributed by atoms with Crippen LogP contribution in [-0.2, 0) is 51.8 Å². The van der Waals surface area contributed by atoms with Gasteiger partial charge in [0.2, 0.25) is 23.6 Å². The maximum atomic E-state index is 12.3. The summed E-state index contributed by atoms with van der Waals surface area (Å²) < 4.78 is 21.4. The van der Waals surface area contributed by atoms with Crippen LogP contribution in [0.25, 0.3) is 10.9 Å². The number of quaternary nitrogens is 4. The van der Waals surface area contributed by atoms with Crippen molar-refractivity contribution < 1.29 is 118 Å². The Bertz CT molecular complexity index is 4580. The molecule has 0 saturated heterocycles. The zero-order chi connectivity index (χ0) is 96.2. The van der Waals surface area contributed by atoms with Crippen LogP contribution in [-0.4, -0.2) is 307 Å². The second-order valence-electron chi connectivity index (χ2n) is 31.6. The molecule has 0 fully saturated rings. The molecule has 730 valence electrons. The largest absolute Gasteiger partial charge is 0.497 e. The zero-order valence-electron chi connectivity index (χ0n) is 75.8. The van der Waals surface area contributed by atoms with Crippen molar-refractivity contribution in [1.82, 2.24) is 14.8 Å². The molecule has 0 aliphatic rings. The highest BCUT2D eigenvalue weighted by Crippen LogP contribution is 2.23. The van der Waals surface area contributed by atoms with Crippen molar-refractivity contribution in [2.45, 2.75) is 173 Å². The summed E-state index contributed by atoms with van der Waals surface area (Å²) in [6.07, 6.45) is 8.49. The van der Waals surface area contributed by atoms with Gasteiger partial charge in [0.1, 0.15) is 39.5 Å². The Morgan fingerprint density at radius 1 is 0.323 bits per heavy atom. The highest BCUT2D eigenvalue weighted by Gasteiger charge is 2.25. The highest BCUT2D eigenvalue weighted by molar-refractivity contribution is 6.32. The number of ether oxygens (including phenoxy) is 4. The van der Waals surface area contributed by atoms with Gasteiger partial charge in [-0.3, -0.25) is 15.0 Å². The fraction of sp³-hybridized carbons (Fsp3) is 0.511. The summed E-state index contributed by atoms with van der Waals surface area (Å²) in [7, 11) is 0. The van der Waals surface area contributed by atoms with Crippen molar-refractivity contribution in [1.29, 1.82) is 0 Å². The summed E-state index contributed by atoms with van der Waals surface area (Å²) >= 11 is 24.8. The van der Waals surface area contributed by atoms with Crippen LogP contribution in [0.3, 0.4) is 0 Å². The van der Waals surface area contributed by atoms with Gasteiger partial charge in [0, 0.05) is 169 Å². The summed E-state index contributed by atoms with van der Waals surface area (Å²) in [6.45, 7) is 3.81. The first-order valence-corrected chi connectivity index (χ1v) is 46.6. The number of hydrogen-bond donors (Lipinski definition) is 20. The Balaban J connectivity index is 1.14. The minimum atomic E-state index is -0.630. The van der Waals surface area contributed by atoms with E-state index in [2.05, 4.69) is 92.7 Å². The molecule has 0 amide bonds. The molecule has 5 atom stereocenters. The number of halogens is 4. The van der Waals surface area contributed by atoms with E-state index in [0.29, 0.717) is 158 Å². The summed E-state index contributed by atoms with van der Waals surface area (Å²) in [4.78, 5) is 60.2. The molecular formula is C92H138Cl4N20O17+6. The summed E-state index contributed by atoms with van der Waals surface area (Å²) in [6, 6.07) is 34.3. The number of aromatic nitrogens is 1. The predicted molar refractivity (Wildman–Crippen MR) is 524 cm³/mol. The van der Waals surface area contributed by atoms with Crippen molar-refractivity contribution in [2.24, 2.45) is 60.8 Å². The number of unbranched alkanes of at least 4 members (excludes halogenated alkanes) is 4. The summed E-state index contributed by atoms with van der Waals surface area (Å²) in [5, 5.41) is 145. The number of nitrogens with zero attached hydrogens (tertiary/aromatic N) is 13. The molecule has 133 heavy (non-hydrogen) atoms. The van der Waals surface area contributed by atoms with E-state index in [1.165, 1.54) is 0 Å². The lowest BCUT2D eigenvalue weighted by molar-refractivity contribution is -0.465. The molecule has 0 radical (unpaired) electrons. The number of aliphatic hydroxyl groups excluding tert-OH is 13. The minimum absolute atomic E-state index is 0.0252. The van der Waals surface area contributed by atoms with Gasteiger partial charge in [-0.25, -0.2) is 49.9 Å². The number of nitrogens with one attached hydrogen (secondary N) is 3. The lowest BCUT2D eigenvalue weighted by atomic mass is 10.0. The van der Waals surface area contributed by atoms with E-state index in [1.54, 1.807) is 72.8 Å². The van der Waals surface area contributed by atoms with Crippen molar-refractivity contribution >= 4 is 135 Å². The van der Waals surface area contributed by atoms with E-state index in [4.69, 9.17) is 70.3 Å². The van der Waals surface area contributed by atoms with Crippen LogP contribution in [0.2, 0.25) is 20.1 Å². The van der Waals surface area contributed by atoms with E-state index in [9.17, 15) is 66.4 Å². The molecule has 41 heteroatoms. The quantitative estimate of drug-likeness (QED) is 0.00969. The fourth-order valence-corrected chi connectivity index (χ4v) is 14.1. The van der Waals surface area contributed by atoms with E-state index < -0.39 is 54.4 Å². The Labute approximate surface area is 796 Å². The number of para-hydroxylation sites is 1. The number of hydrogen-bond acceptors (Lipinski definition) is 17. The van der Waals surface area contributed by atoms with Crippen LogP contribution < -0.4 is 32.9 Å². The van der Waals surface area contributed by atoms with Crippen LogP contribution in [0.4, 0.5) is 0 Å². The minimum Gasteiger partial charge on any atom is -0.497 e. The Morgan fingerprint density at radius 3 is 1.02 bits per heavy atom. The number of benzene rings is 5. The van der Waals surface area contributed by atoms with Gasteiger partial charge in [0.15, 0.2) is 55.0 Å². The topological polar surface area (TPSA) is 597 Å². The van der Waals surface area contributed by atoms with Crippen LogP contribution >= 0.6 is 46.4 Å². The molecule has 0 saturated carbocycles. The first-order valence-electron chi connectivity index (χ1n) is 45.1.